The second-order valence-electron chi connectivity index (χ2n) is 5.57. The zero-order chi connectivity index (χ0) is 16.4. The van der Waals surface area contributed by atoms with Crippen molar-refractivity contribution in [3.8, 4) is 11.5 Å². The van der Waals surface area contributed by atoms with Gasteiger partial charge in [-0.3, -0.25) is 9.59 Å². The molecular weight excluding hydrogens is 292 g/mol. The van der Waals surface area contributed by atoms with Gasteiger partial charge in [-0.2, -0.15) is 0 Å². The van der Waals surface area contributed by atoms with E-state index >= 15 is 0 Å². The molecule has 0 radical (unpaired) electrons. The van der Waals surface area contributed by atoms with E-state index in [0.717, 1.165) is 0 Å². The van der Waals surface area contributed by atoms with E-state index in [0.29, 0.717) is 22.5 Å². The van der Waals surface area contributed by atoms with Crippen LogP contribution in [0.5, 0.6) is 11.5 Å². The van der Waals surface area contributed by atoms with Crippen LogP contribution in [0.25, 0.3) is 11.0 Å². The van der Waals surface area contributed by atoms with Crippen molar-refractivity contribution >= 4 is 16.8 Å². The van der Waals surface area contributed by atoms with Gasteiger partial charge in [-0.05, 0) is 24.3 Å². The van der Waals surface area contributed by atoms with Crippen molar-refractivity contribution in [2.75, 3.05) is 0 Å². The quantitative estimate of drug-likeness (QED) is 0.669. The number of carbonyl (C=O) groups is 1. The van der Waals surface area contributed by atoms with Gasteiger partial charge in [0, 0.05) is 12.0 Å². The van der Waals surface area contributed by atoms with Gasteiger partial charge in [0.2, 0.25) is 5.43 Å². The highest BCUT2D eigenvalue weighted by Gasteiger charge is 2.17. The molecule has 0 amide bonds. The number of Topliss-reactive ketones (excluding diaryl/α,β-unsaturated/α-hetero) is 1. The Morgan fingerprint density at radius 2 is 1.78 bits per heavy atom. The molecule has 2 aromatic carbocycles. The van der Waals surface area contributed by atoms with Crippen molar-refractivity contribution in [2.45, 2.75) is 13.8 Å². The van der Waals surface area contributed by atoms with E-state index in [2.05, 4.69) is 0 Å². The van der Waals surface area contributed by atoms with E-state index in [4.69, 9.17) is 9.15 Å². The summed E-state index contributed by atoms with van der Waals surface area (Å²) in [5, 5.41) is 0.372. The van der Waals surface area contributed by atoms with Crippen LogP contribution in [-0.2, 0) is 0 Å². The maximum absolute atomic E-state index is 12.4. The number of benzene rings is 2. The van der Waals surface area contributed by atoms with Crippen LogP contribution in [0.3, 0.4) is 0 Å². The third-order valence-corrected chi connectivity index (χ3v) is 3.51. The van der Waals surface area contributed by atoms with Crippen LogP contribution in [-0.4, -0.2) is 5.78 Å². The molecule has 0 bridgehead atoms. The lowest BCUT2D eigenvalue weighted by atomic mass is 10.0. The van der Waals surface area contributed by atoms with Gasteiger partial charge in [0.15, 0.2) is 5.78 Å². The van der Waals surface area contributed by atoms with Crippen molar-refractivity contribution in [1.29, 1.82) is 0 Å². The van der Waals surface area contributed by atoms with Crippen molar-refractivity contribution in [3.63, 3.8) is 0 Å². The molecule has 116 valence electrons. The highest BCUT2D eigenvalue weighted by Crippen LogP contribution is 2.24. The Morgan fingerprint density at radius 1 is 1.04 bits per heavy atom. The van der Waals surface area contributed by atoms with Crippen molar-refractivity contribution < 1.29 is 13.9 Å². The predicted octanol–water partition coefficient (Wildman–Crippen LogP) is 4.42. The average Bonchev–Trinajstić information content (AvgIpc) is 2.55. The SMILES string of the molecule is CC(C)C(=O)c1coc2cc(Oc3ccccc3)ccc2c1=O. The highest BCUT2D eigenvalue weighted by molar-refractivity contribution is 5.99. The number of rotatable bonds is 4. The summed E-state index contributed by atoms with van der Waals surface area (Å²) in [5.41, 5.74) is 0.171. The minimum absolute atomic E-state index is 0.0872. The van der Waals surface area contributed by atoms with Crippen LogP contribution in [0.4, 0.5) is 0 Å². The van der Waals surface area contributed by atoms with Gasteiger partial charge < -0.3 is 9.15 Å². The summed E-state index contributed by atoms with van der Waals surface area (Å²) in [5.74, 6) is 0.789. The Morgan fingerprint density at radius 3 is 2.48 bits per heavy atom. The molecule has 0 fully saturated rings. The Kier molecular flexibility index (Phi) is 3.98. The molecule has 0 unspecified atom stereocenters. The second-order valence-corrected chi connectivity index (χ2v) is 5.57. The summed E-state index contributed by atoms with van der Waals surface area (Å²) in [6.07, 6.45) is 1.24. The van der Waals surface area contributed by atoms with Crippen LogP contribution >= 0.6 is 0 Å². The third-order valence-electron chi connectivity index (χ3n) is 3.51. The molecule has 3 rings (SSSR count). The summed E-state index contributed by atoms with van der Waals surface area (Å²) < 4.78 is 11.2. The van der Waals surface area contributed by atoms with E-state index in [1.54, 1.807) is 32.0 Å². The van der Waals surface area contributed by atoms with E-state index in [9.17, 15) is 9.59 Å². The van der Waals surface area contributed by atoms with Crippen LogP contribution < -0.4 is 10.2 Å². The maximum Gasteiger partial charge on any atom is 0.203 e. The van der Waals surface area contributed by atoms with Gasteiger partial charge >= 0.3 is 0 Å². The Balaban J connectivity index is 2.00. The van der Waals surface area contributed by atoms with Gasteiger partial charge in [-0.15, -0.1) is 0 Å². The normalized spacial score (nSPS) is 10.9. The minimum atomic E-state index is -0.309. The first-order valence-electron chi connectivity index (χ1n) is 7.39. The van der Waals surface area contributed by atoms with Crippen molar-refractivity contribution in [2.24, 2.45) is 5.92 Å². The molecule has 1 heterocycles. The Bertz CT molecular complexity index is 908. The van der Waals surface area contributed by atoms with Crippen LogP contribution in [0, 0.1) is 5.92 Å². The van der Waals surface area contributed by atoms with Crippen LogP contribution in [0.15, 0.2) is 64.0 Å². The zero-order valence-electron chi connectivity index (χ0n) is 12.9. The highest BCUT2D eigenvalue weighted by atomic mass is 16.5. The number of ether oxygens (including phenoxy) is 1. The summed E-state index contributed by atoms with van der Waals surface area (Å²) in [6, 6.07) is 14.3. The van der Waals surface area contributed by atoms with Gasteiger partial charge in [0.1, 0.15) is 28.9 Å². The smallest absolute Gasteiger partial charge is 0.203 e. The standard InChI is InChI=1S/C19H16O4/c1-12(2)18(20)16-11-22-17-10-14(8-9-15(17)19(16)21)23-13-6-4-3-5-7-13/h3-12H,1-2H3. The molecule has 0 aliphatic carbocycles. The fourth-order valence-corrected chi connectivity index (χ4v) is 2.28. The first-order valence-corrected chi connectivity index (χ1v) is 7.39. The zero-order valence-corrected chi connectivity index (χ0v) is 12.9. The number of hydrogen-bond donors (Lipinski definition) is 0. The fourth-order valence-electron chi connectivity index (χ4n) is 2.28. The number of fused-ring (bicyclic) bond motifs is 1. The molecule has 4 heteroatoms. The van der Waals surface area contributed by atoms with Gasteiger partial charge in [-0.25, -0.2) is 0 Å². The van der Waals surface area contributed by atoms with E-state index in [-0.39, 0.29) is 22.7 Å². The minimum Gasteiger partial charge on any atom is -0.463 e. The summed E-state index contributed by atoms with van der Waals surface area (Å²) in [7, 11) is 0. The lowest BCUT2D eigenvalue weighted by Gasteiger charge is -2.07. The molecule has 4 nitrogen and oxygen atoms in total. The van der Waals surface area contributed by atoms with Gasteiger partial charge in [0.25, 0.3) is 0 Å². The second kappa shape index (κ2) is 6.08. The molecule has 0 N–H and O–H groups in total. The largest absolute Gasteiger partial charge is 0.463 e. The molecule has 0 aliphatic heterocycles. The fraction of sp³-hybridized carbons (Fsp3) is 0.158. The molecule has 1 aromatic heterocycles. The number of para-hydroxylation sites is 1. The first-order chi connectivity index (χ1) is 11.1. The molecule has 0 atom stereocenters. The van der Waals surface area contributed by atoms with E-state index in [1.165, 1.54) is 6.26 Å². The maximum atomic E-state index is 12.4. The topological polar surface area (TPSA) is 56.5 Å². The lowest BCUT2D eigenvalue weighted by Crippen LogP contribution is -2.18. The average molecular weight is 308 g/mol. The predicted molar refractivity (Wildman–Crippen MR) is 88.2 cm³/mol. The Labute approximate surface area is 133 Å². The van der Waals surface area contributed by atoms with E-state index < -0.39 is 0 Å². The molecule has 0 spiro atoms. The molecule has 0 aliphatic rings. The number of ketones is 1. The summed E-state index contributed by atoms with van der Waals surface area (Å²) >= 11 is 0. The van der Waals surface area contributed by atoms with E-state index in [1.807, 2.05) is 30.3 Å². The molecule has 3 aromatic rings. The first kappa shape index (κ1) is 15.0. The van der Waals surface area contributed by atoms with Gasteiger partial charge in [0.05, 0.1) is 5.39 Å². The van der Waals surface area contributed by atoms with Crippen molar-refractivity contribution in [3.05, 3.63) is 70.6 Å². The molecule has 0 saturated carbocycles. The van der Waals surface area contributed by atoms with Crippen LogP contribution in [0.2, 0.25) is 0 Å². The summed E-state index contributed by atoms with van der Waals surface area (Å²) in [4.78, 5) is 24.5. The molecular formula is C19H16O4. The Hall–Kier alpha value is -2.88. The third kappa shape index (κ3) is 3.01. The molecule has 0 saturated heterocycles. The number of hydrogen-bond acceptors (Lipinski definition) is 4. The van der Waals surface area contributed by atoms with Crippen molar-refractivity contribution in [1.82, 2.24) is 0 Å². The monoisotopic (exact) mass is 308 g/mol. The lowest BCUT2D eigenvalue weighted by molar-refractivity contribution is 0.0936. The van der Waals surface area contributed by atoms with Crippen LogP contribution in [0.1, 0.15) is 24.2 Å². The summed E-state index contributed by atoms with van der Waals surface area (Å²) in [6.45, 7) is 3.51. The molecule has 23 heavy (non-hydrogen) atoms. The number of carbonyl (C=O) groups excluding carboxylic acids is 1. The van der Waals surface area contributed by atoms with Gasteiger partial charge in [-0.1, -0.05) is 32.0 Å².